The molecule has 5 heteroatoms. The number of rotatable bonds is 4. The molecule has 0 atom stereocenters. The second kappa shape index (κ2) is 5.86. The lowest BCUT2D eigenvalue weighted by Gasteiger charge is -2.37. The SMILES string of the molecule is CC(C)(O)CN1CCN(c2cccc(CO)n2)CC1. The van der Waals surface area contributed by atoms with Crippen LogP contribution in [0.25, 0.3) is 0 Å². The summed E-state index contributed by atoms with van der Waals surface area (Å²) in [5.41, 5.74) is 0.0634. The highest BCUT2D eigenvalue weighted by Gasteiger charge is 2.23. The summed E-state index contributed by atoms with van der Waals surface area (Å²) in [6.07, 6.45) is 0. The second-order valence-electron chi connectivity index (χ2n) is 5.72. The topological polar surface area (TPSA) is 59.8 Å². The highest BCUT2D eigenvalue weighted by Crippen LogP contribution is 2.15. The zero-order valence-electron chi connectivity index (χ0n) is 11.7. The van der Waals surface area contributed by atoms with Crippen LogP contribution >= 0.6 is 0 Å². The summed E-state index contributed by atoms with van der Waals surface area (Å²) in [5.74, 6) is 0.925. The molecule has 0 bridgehead atoms. The van der Waals surface area contributed by atoms with E-state index in [2.05, 4.69) is 14.8 Å². The van der Waals surface area contributed by atoms with Crippen molar-refractivity contribution in [2.24, 2.45) is 0 Å². The average molecular weight is 265 g/mol. The smallest absolute Gasteiger partial charge is 0.128 e. The average Bonchev–Trinajstić information content (AvgIpc) is 2.38. The standard InChI is InChI=1S/C14H23N3O2/c1-14(2,19)11-16-6-8-17(9-7-16)13-5-3-4-12(10-18)15-13/h3-5,18-19H,6-11H2,1-2H3. The fourth-order valence-electron chi connectivity index (χ4n) is 2.41. The van der Waals surface area contributed by atoms with E-state index in [1.165, 1.54) is 0 Å². The highest BCUT2D eigenvalue weighted by atomic mass is 16.3. The number of hydrogen-bond acceptors (Lipinski definition) is 5. The number of aliphatic hydroxyl groups excluding tert-OH is 1. The molecule has 2 N–H and O–H groups in total. The first kappa shape index (κ1) is 14.2. The molecular weight excluding hydrogens is 242 g/mol. The van der Waals surface area contributed by atoms with Gasteiger partial charge in [0.2, 0.25) is 0 Å². The molecule has 0 aliphatic carbocycles. The Morgan fingerprint density at radius 3 is 2.47 bits per heavy atom. The van der Waals surface area contributed by atoms with E-state index in [0.717, 1.165) is 32.0 Å². The summed E-state index contributed by atoms with van der Waals surface area (Å²) >= 11 is 0. The molecule has 1 fully saturated rings. The van der Waals surface area contributed by atoms with Crippen LogP contribution in [0.4, 0.5) is 5.82 Å². The van der Waals surface area contributed by atoms with E-state index in [4.69, 9.17) is 5.11 Å². The van der Waals surface area contributed by atoms with Gasteiger partial charge in [-0.25, -0.2) is 4.98 Å². The Kier molecular flexibility index (Phi) is 4.39. The zero-order chi connectivity index (χ0) is 13.9. The van der Waals surface area contributed by atoms with Crippen molar-refractivity contribution < 1.29 is 10.2 Å². The van der Waals surface area contributed by atoms with Crippen molar-refractivity contribution in [2.45, 2.75) is 26.1 Å². The van der Waals surface area contributed by atoms with Gasteiger partial charge in [-0.15, -0.1) is 0 Å². The molecule has 0 aromatic carbocycles. The van der Waals surface area contributed by atoms with Gasteiger partial charge in [0.05, 0.1) is 17.9 Å². The fraction of sp³-hybridized carbons (Fsp3) is 0.643. The molecule has 19 heavy (non-hydrogen) atoms. The van der Waals surface area contributed by atoms with Gasteiger partial charge in [0.1, 0.15) is 5.82 Å². The maximum atomic E-state index is 9.83. The number of aliphatic hydroxyl groups is 2. The van der Waals surface area contributed by atoms with Gasteiger partial charge in [-0.3, -0.25) is 4.90 Å². The Labute approximate surface area is 114 Å². The summed E-state index contributed by atoms with van der Waals surface area (Å²) in [6.45, 7) is 8.01. The number of hydrogen-bond donors (Lipinski definition) is 2. The Morgan fingerprint density at radius 2 is 1.89 bits per heavy atom. The normalized spacial score (nSPS) is 17.8. The molecule has 0 radical (unpaired) electrons. The lowest BCUT2D eigenvalue weighted by Crippen LogP contribution is -2.50. The van der Waals surface area contributed by atoms with E-state index in [0.29, 0.717) is 12.2 Å². The van der Waals surface area contributed by atoms with Crippen LogP contribution in [0.2, 0.25) is 0 Å². The quantitative estimate of drug-likeness (QED) is 0.828. The fourth-order valence-corrected chi connectivity index (χ4v) is 2.41. The van der Waals surface area contributed by atoms with Crippen LogP contribution in [-0.4, -0.2) is 58.4 Å². The number of nitrogens with zero attached hydrogens (tertiary/aromatic N) is 3. The molecule has 0 unspecified atom stereocenters. The van der Waals surface area contributed by atoms with Gasteiger partial charge >= 0.3 is 0 Å². The zero-order valence-corrected chi connectivity index (χ0v) is 11.7. The van der Waals surface area contributed by atoms with Crippen LogP contribution in [0.15, 0.2) is 18.2 Å². The van der Waals surface area contributed by atoms with Crippen molar-refractivity contribution in [2.75, 3.05) is 37.6 Å². The molecule has 1 aliphatic heterocycles. The summed E-state index contributed by atoms with van der Waals surface area (Å²) in [5, 5.41) is 18.9. The van der Waals surface area contributed by atoms with E-state index in [1.54, 1.807) is 0 Å². The van der Waals surface area contributed by atoms with Crippen LogP contribution in [0.5, 0.6) is 0 Å². The van der Waals surface area contributed by atoms with Crippen molar-refractivity contribution in [1.82, 2.24) is 9.88 Å². The maximum absolute atomic E-state index is 9.83. The minimum absolute atomic E-state index is 0.0213. The first-order valence-electron chi connectivity index (χ1n) is 6.74. The first-order valence-corrected chi connectivity index (χ1v) is 6.74. The summed E-state index contributed by atoms with van der Waals surface area (Å²) in [6, 6.07) is 5.73. The van der Waals surface area contributed by atoms with Crippen molar-refractivity contribution in [3.05, 3.63) is 23.9 Å². The molecule has 1 aromatic heterocycles. The van der Waals surface area contributed by atoms with E-state index < -0.39 is 5.60 Å². The summed E-state index contributed by atoms with van der Waals surface area (Å²) in [4.78, 5) is 8.92. The number of anilines is 1. The molecule has 2 rings (SSSR count). The second-order valence-corrected chi connectivity index (χ2v) is 5.72. The number of pyridine rings is 1. The van der Waals surface area contributed by atoms with Crippen LogP contribution in [0, 0.1) is 0 Å². The van der Waals surface area contributed by atoms with E-state index in [9.17, 15) is 5.11 Å². The molecule has 5 nitrogen and oxygen atoms in total. The molecule has 0 amide bonds. The molecule has 2 heterocycles. The van der Waals surface area contributed by atoms with Gasteiger partial charge in [-0.2, -0.15) is 0 Å². The maximum Gasteiger partial charge on any atom is 0.128 e. The van der Waals surface area contributed by atoms with Crippen molar-refractivity contribution >= 4 is 5.82 Å². The Hall–Kier alpha value is -1.17. The molecule has 0 spiro atoms. The van der Waals surface area contributed by atoms with Gasteiger partial charge in [0, 0.05) is 32.7 Å². The number of piperazine rings is 1. The largest absolute Gasteiger partial charge is 0.390 e. The van der Waals surface area contributed by atoms with Crippen molar-refractivity contribution in [3.63, 3.8) is 0 Å². The third kappa shape index (κ3) is 4.16. The monoisotopic (exact) mass is 265 g/mol. The van der Waals surface area contributed by atoms with Crippen LogP contribution in [0.1, 0.15) is 19.5 Å². The molecule has 1 saturated heterocycles. The lowest BCUT2D eigenvalue weighted by molar-refractivity contribution is 0.0344. The third-order valence-electron chi connectivity index (χ3n) is 3.26. The van der Waals surface area contributed by atoms with E-state index in [-0.39, 0.29) is 6.61 Å². The van der Waals surface area contributed by atoms with Gasteiger partial charge in [0.25, 0.3) is 0 Å². The van der Waals surface area contributed by atoms with Crippen LogP contribution < -0.4 is 4.90 Å². The van der Waals surface area contributed by atoms with Crippen LogP contribution in [0.3, 0.4) is 0 Å². The molecule has 106 valence electrons. The predicted octanol–water partition coefficient (Wildman–Crippen LogP) is 0.467. The Balaban J connectivity index is 1.92. The van der Waals surface area contributed by atoms with E-state index in [1.807, 2.05) is 32.0 Å². The molecule has 1 aliphatic rings. The lowest BCUT2D eigenvalue weighted by atomic mass is 10.1. The predicted molar refractivity (Wildman–Crippen MR) is 75.1 cm³/mol. The number of aromatic nitrogens is 1. The minimum Gasteiger partial charge on any atom is -0.390 e. The Bertz CT molecular complexity index is 409. The summed E-state index contributed by atoms with van der Waals surface area (Å²) < 4.78 is 0. The Morgan fingerprint density at radius 1 is 1.21 bits per heavy atom. The van der Waals surface area contributed by atoms with Crippen LogP contribution in [-0.2, 0) is 6.61 Å². The van der Waals surface area contributed by atoms with Crippen molar-refractivity contribution in [3.8, 4) is 0 Å². The van der Waals surface area contributed by atoms with Gasteiger partial charge in [0.15, 0.2) is 0 Å². The van der Waals surface area contributed by atoms with Gasteiger partial charge < -0.3 is 15.1 Å². The van der Waals surface area contributed by atoms with Crippen molar-refractivity contribution in [1.29, 1.82) is 0 Å². The third-order valence-corrected chi connectivity index (χ3v) is 3.26. The summed E-state index contributed by atoms with van der Waals surface area (Å²) in [7, 11) is 0. The molecule has 0 saturated carbocycles. The van der Waals surface area contributed by atoms with E-state index >= 15 is 0 Å². The highest BCUT2D eigenvalue weighted by molar-refractivity contribution is 5.39. The van der Waals surface area contributed by atoms with Gasteiger partial charge in [-0.1, -0.05) is 6.07 Å². The number of β-amino-alcohol motifs (C(OH)–C–C–N with tert-alkyl or cyclic N) is 1. The minimum atomic E-state index is -0.642. The molecule has 1 aromatic rings. The van der Waals surface area contributed by atoms with Gasteiger partial charge in [-0.05, 0) is 26.0 Å². The first-order chi connectivity index (χ1) is 8.98. The molecular formula is C14H23N3O2.